The summed E-state index contributed by atoms with van der Waals surface area (Å²) in [4.78, 5) is 1.83. The van der Waals surface area contributed by atoms with E-state index in [0.29, 0.717) is 17.7 Å². The highest BCUT2D eigenvalue weighted by atomic mass is 19.1. The molecule has 0 saturated carbocycles. The van der Waals surface area contributed by atoms with Crippen LogP contribution in [-0.4, -0.2) is 7.05 Å². The molecule has 0 atom stereocenters. The Morgan fingerprint density at radius 2 is 1.95 bits per heavy atom. The highest BCUT2D eigenvalue weighted by molar-refractivity contribution is 5.59. The molecule has 0 unspecified atom stereocenters. The Morgan fingerprint density at radius 3 is 2.68 bits per heavy atom. The minimum atomic E-state index is -0.399. The molecule has 0 fully saturated rings. The fourth-order valence-corrected chi connectivity index (χ4v) is 1.96. The van der Waals surface area contributed by atoms with Crippen molar-refractivity contribution in [1.82, 2.24) is 0 Å². The van der Waals surface area contributed by atoms with Gasteiger partial charge in [-0.25, -0.2) is 4.39 Å². The minimum Gasteiger partial charge on any atom is -0.396 e. The predicted octanol–water partition coefficient (Wildman–Crippen LogP) is 2.92. The summed E-state index contributed by atoms with van der Waals surface area (Å²) in [5.74, 6) is -0.399. The Hall–Kier alpha value is -2.54. The first-order chi connectivity index (χ1) is 9.13. The first-order valence-corrected chi connectivity index (χ1v) is 5.86. The molecule has 0 spiro atoms. The monoisotopic (exact) mass is 255 g/mol. The maximum atomic E-state index is 13.8. The molecule has 0 saturated heterocycles. The first-order valence-electron chi connectivity index (χ1n) is 5.86. The van der Waals surface area contributed by atoms with E-state index in [-0.39, 0.29) is 5.69 Å². The molecule has 19 heavy (non-hydrogen) atoms. The summed E-state index contributed by atoms with van der Waals surface area (Å²) in [7, 11) is 1.82. The van der Waals surface area contributed by atoms with Gasteiger partial charge in [0.25, 0.3) is 0 Å². The van der Waals surface area contributed by atoms with Crippen LogP contribution in [0, 0.1) is 17.1 Å². The number of para-hydroxylation sites is 1. The van der Waals surface area contributed by atoms with E-state index in [9.17, 15) is 4.39 Å². The summed E-state index contributed by atoms with van der Waals surface area (Å²) < 4.78 is 13.8. The van der Waals surface area contributed by atoms with Crippen LogP contribution < -0.4 is 10.6 Å². The van der Waals surface area contributed by atoms with Crippen molar-refractivity contribution < 1.29 is 4.39 Å². The Kier molecular flexibility index (Phi) is 3.67. The third-order valence-electron chi connectivity index (χ3n) is 2.95. The van der Waals surface area contributed by atoms with Gasteiger partial charge in [0.1, 0.15) is 6.07 Å². The number of anilines is 2. The van der Waals surface area contributed by atoms with Crippen molar-refractivity contribution in [3.63, 3.8) is 0 Å². The number of nitrogens with two attached hydrogens (primary N) is 1. The van der Waals surface area contributed by atoms with Crippen LogP contribution in [0.4, 0.5) is 15.8 Å². The molecule has 0 aliphatic carbocycles. The molecular weight excluding hydrogens is 241 g/mol. The topological polar surface area (TPSA) is 53.0 Å². The van der Waals surface area contributed by atoms with Crippen molar-refractivity contribution in [1.29, 1.82) is 5.26 Å². The van der Waals surface area contributed by atoms with Crippen molar-refractivity contribution in [3.8, 4) is 6.07 Å². The molecule has 2 aromatic carbocycles. The molecule has 0 aliphatic heterocycles. The van der Waals surface area contributed by atoms with Crippen LogP contribution in [0.15, 0.2) is 42.5 Å². The number of hydrogen-bond donors (Lipinski definition) is 1. The number of hydrogen-bond acceptors (Lipinski definition) is 3. The van der Waals surface area contributed by atoms with E-state index in [1.54, 1.807) is 24.3 Å². The van der Waals surface area contributed by atoms with Gasteiger partial charge in [-0.15, -0.1) is 0 Å². The summed E-state index contributed by atoms with van der Waals surface area (Å²) >= 11 is 0. The molecular formula is C15H14FN3. The van der Waals surface area contributed by atoms with E-state index in [2.05, 4.69) is 6.07 Å². The quantitative estimate of drug-likeness (QED) is 0.858. The summed E-state index contributed by atoms with van der Waals surface area (Å²) in [6, 6.07) is 14.3. The van der Waals surface area contributed by atoms with E-state index in [0.717, 1.165) is 5.69 Å². The largest absolute Gasteiger partial charge is 0.396 e. The van der Waals surface area contributed by atoms with E-state index >= 15 is 0 Å². The second-order valence-corrected chi connectivity index (χ2v) is 4.31. The second-order valence-electron chi connectivity index (χ2n) is 4.31. The van der Waals surface area contributed by atoms with Crippen LogP contribution in [0.25, 0.3) is 0 Å². The van der Waals surface area contributed by atoms with Gasteiger partial charge in [-0.05, 0) is 18.2 Å². The fourth-order valence-electron chi connectivity index (χ4n) is 1.96. The van der Waals surface area contributed by atoms with Crippen LogP contribution in [0.5, 0.6) is 0 Å². The Morgan fingerprint density at radius 1 is 1.21 bits per heavy atom. The summed E-state index contributed by atoms with van der Waals surface area (Å²) in [5.41, 5.74) is 7.53. The summed E-state index contributed by atoms with van der Waals surface area (Å²) in [6.07, 6.45) is 0. The molecule has 0 aromatic heterocycles. The molecule has 3 nitrogen and oxygen atoms in total. The van der Waals surface area contributed by atoms with Gasteiger partial charge in [-0.1, -0.05) is 24.3 Å². The van der Waals surface area contributed by atoms with E-state index in [4.69, 9.17) is 11.0 Å². The average molecular weight is 255 g/mol. The number of nitriles is 1. The molecule has 0 amide bonds. The number of nitrogens with zero attached hydrogens (tertiary/aromatic N) is 2. The van der Waals surface area contributed by atoms with Gasteiger partial charge in [0.15, 0.2) is 5.82 Å². The molecule has 96 valence electrons. The highest BCUT2D eigenvalue weighted by Gasteiger charge is 2.11. The van der Waals surface area contributed by atoms with Crippen molar-refractivity contribution in [3.05, 3.63) is 59.4 Å². The molecule has 2 rings (SSSR count). The fraction of sp³-hybridized carbons (Fsp3) is 0.133. The maximum Gasteiger partial charge on any atom is 0.151 e. The minimum absolute atomic E-state index is 0.138. The van der Waals surface area contributed by atoms with Crippen LogP contribution in [0.1, 0.15) is 11.1 Å². The summed E-state index contributed by atoms with van der Waals surface area (Å²) in [6.45, 7) is 0.357. The van der Waals surface area contributed by atoms with Crippen molar-refractivity contribution in [2.45, 2.75) is 6.54 Å². The Balaban J connectivity index is 2.29. The van der Waals surface area contributed by atoms with Crippen LogP contribution in [0.2, 0.25) is 0 Å². The molecule has 0 bridgehead atoms. The second kappa shape index (κ2) is 5.40. The third-order valence-corrected chi connectivity index (χ3v) is 2.95. The van der Waals surface area contributed by atoms with Gasteiger partial charge in [0, 0.05) is 19.2 Å². The highest BCUT2D eigenvalue weighted by Crippen LogP contribution is 2.22. The standard InChI is InChI=1S/C15H14FN3/c1-19(14-8-3-2-5-11(14)9-17)10-12-6-4-7-13(18)15(12)16/h2-8H,10,18H2,1H3. The van der Waals surface area contributed by atoms with Gasteiger partial charge in [-0.2, -0.15) is 5.26 Å². The van der Waals surface area contributed by atoms with Crippen LogP contribution in [-0.2, 0) is 6.54 Å². The summed E-state index contributed by atoms with van der Waals surface area (Å²) in [5, 5.41) is 9.06. The lowest BCUT2D eigenvalue weighted by molar-refractivity contribution is 0.612. The predicted molar refractivity (Wildman–Crippen MR) is 74.1 cm³/mol. The lowest BCUT2D eigenvalue weighted by Gasteiger charge is -2.21. The van der Waals surface area contributed by atoms with Gasteiger partial charge >= 0.3 is 0 Å². The molecule has 2 N–H and O–H groups in total. The van der Waals surface area contributed by atoms with Gasteiger partial charge in [0.05, 0.1) is 16.9 Å². The van der Waals surface area contributed by atoms with Gasteiger partial charge in [-0.3, -0.25) is 0 Å². The average Bonchev–Trinajstić information content (AvgIpc) is 2.43. The van der Waals surface area contributed by atoms with Crippen molar-refractivity contribution in [2.24, 2.45) is 0 Å². The van der Waals surface area contributed by atoms with Gasteiger partial charge < -0.3 is 10.6 Å². The van der Waals surface area contributed by atoms with Crippen molar-refractivity contribution in [2.75, 3.05) is 17.7 Å². The maximum absolute atomic E-state index is 13.8. The van der Waals surface area contributed by atoms with Crippen LogP contribution in [0.3, 0.4) is 0 Å². The number of benzene rings is 2. The Bertz CT molecular complexity index is 632. The number of rotatable bonds is 3. The third kappa shape index (κ3) is 2.66. The smallest absolute Gasteiger partial charge is 0.151 e. The zero-order chi connectivity index (χ0) is 13.8. The zero-order valence-electron chi connectivity index (χ0n) is 10.6. The van der Waals surface area contributed by atoms with E-state index < -0.39 is 5.82 Å². The first kappa shape index (κ1) is 12.9. The number of halogens is 1. The molecule has 4 heteroatoms. The molecule has 0 aliphatic rings. The molecule has 2 aromatic rings. The molecule has 0 radical (unpaired) electrons. The zero-order valence-corrected chi connectivity index (χ0v) is 10.6. The van der Waals surface area contributed by atoms with Gasteiger partial charge in [0.2, 0.25) is 0 Å². The van der Waals surface area contributed by atoms with Crippen LogP contribution >= 0.6 is 0 Å². The lowest BCUT2D eigenvalue weighted by atomic mass is 10.1. The Labute approximate surface area is 111 Å². The van der Waals surface area contributed by atoms with Crippen molar-refractivity contribution >= 4 is 11.4 Å². The van der Waals surface area contributed by atoms with E-state index in [1.807, 2.05) is 24.1 Å². The molecule has 0 heterocycles. The normalized spacial score (nSPS) is 9.95. The lowest BCUT2D eigenvalue weighted by Crippen LogP contribution is -2.18. The van der Waals surface area contributed by atoms with E-state index in [1.165, 1.54) is 6.07 Å². The SMILES string of the molecule is CN(Cc1cccc(N)c1F)c1ccccc1C#N. The number of nitrogen functional groups attached to an aromatic ring is 1.